The molecule has 0 bridgehead atoms. The Morgan fingerprint density at radius 2 is 1.84 bits per heavy atom. The molecule has 1 saturated heterocycles. The zero-order chi connectivity index (χ0) is 13.7. The molecule has 1 saturated carbocycles. The molecule has 0 aromatic rings. The lowest BCUT2D eigenvalue weighted by molar-refractivity contribution is -0.122. The van der Waals surface area contributed by atoms with Crippen LogP contribution in [-0.4, -0.2) is 25.0 Å². The Labute approximate surface area is 117 Å². The molecular weight excluding hydrogens is 236 g/mol. The number of carbonyl (C=O) groups is 1. The Morgan fingerprint density at radius 1 is 1.16 bits per heavy atom. The Bertz CT molecular complexity index is 289. The fraction of sp³-hybridized carbons (Fsp3) is 0.938. The first-order valence-electron chi connectivity index (χ1n) is 8.08. The van der Waals surface area contributed by atoms with E-state index in [4.69, 9.17) is 0 Å². The van der Waals surface area contributed by atoms with E-state index in [0.29, 0.717) is 12.5 Å². The summed E-state index contributed by atoms with van der Waals surface area (Å²) in [5.41, 5.74) is 0.256. The van der Waals surface area contributed by atoms with Crippen molar-refractivity contribution < 1.29 is 4.79 Å². The van der Waals surface area contributed by atoms with E-state index in [1.165, 1.54) is 38.5 Å². The molecule has 2 fully saturated rings. The largest absolute Gasteiger partial charge is 0.356 e. The van der Waals surface area contributed by atoms with Gasteiger partial charge in [0.25, 0.3) is 0 Å². The maximum absolute atomic E-state index is 12.0. The molecule has 1 heterocycles. The average Bonchev–Trinajstić information content (AvgIpc) is 2.92. The van der Waals surface area contributed by atoms with Gasteiger partial charge in [0.15, 0.2) is 0 Å². The zero-order valence-electron chi connectivity index (χ0n) is 12.6. The highest BCUT2D eigenvalue weighted by Gasteiger charge is 2.32. The van der Waals surface area contributed by atoms with Crippen molar-refractivity contribution in [3.05, 3.63) is 0 Å². The summed E-state index contributed by atoms with van der Waals surface area (Å²) >= 11 is 0. The molecule has 1 atom stereocenters. The van der Waals surface area contributed by atoms with E-state index in [9.17, 15) is 4.79 Å². The molecule has 2 rings (SSSR count). The van der Waals surface area contributed by atoms with Crippen LogP contribution >= 0.6 is 0 Å². The molecule has 1 unspecified atom stereocenters. The van der Waals surface area contributed by atoms with E-state index in [0.717, 1.165) is 25.4 Å². The van der Waals surface area contributed by atoms with Crippen molar-refractivity contribution in [1.82, 2.24) is 10.6 Å². The first-order chi connectivity index (χ1) is 9.08. The lowest BCUT2D eigenvalue weighted by Crippen LogP contribution is -2.42. The highest BCUT2D eigenvalue weighted by atomic mass is 16.1. The zero-order valence-corrected chi connectivity index (χ0v) is 12.6. The van der Waals surface area contributed by atoms with Crippen LogP contribution in [0.5, 0.6) is 0 Å². The van der Waals surface area contributed by atoms with Crippen LogP contribution in [0.3, 0.4) is 0 Å². The second-order valence-electron chi connectivity index (χ2n) is 7.10. The summed E-state index contributed by atoms with van der Waals surface area (Å²) in [4.78, 5) is 12.0. The van der Waals surface area contributed by atoms with Crippen LogP contribution in [-0.2, 0) is 4.79 Å². The predicted octanol–water partition coefficient (Wildman–Crippen LogP) is 2.85. The molecule has 2 aliphatic rings. The number of amides is 1. The van der Waals surface area contributed by atoms with E-state index in [1.807, 2.05) is 0 Å². The number of nitrogens with one attached hydrogen (secondary N) is 2. The second kappa shape index (κ2) is 6.74. The van der Waals surface area contributed by atoms with Gasteiger partial charge in [-0.1, -0.05) is 33.1 Å². The third-order valence-corrected chi connectivity index (χ3v) is 5.05. The number of hydrogen-bond acceptors (Lipinski definition) is 2. The molecule has 3 nitrogen and oxygen atoms in total. The summed E-state index contributed by atoms with van der Waals surface area (Å²) in [5, 5.41) is 6.61. The summed E-state index contributed by atoms with van der Waals surface area (Å²) < 4.78 is 0. The van der Waals surface area contributed by atoms with Crippen LogP contribution in [0, 0.1) is 11.3 Å². The molecule has 0 aromatic heterocycles. The van der Waals surface area contributed by atoms with Gasteiger partial charge in [0.05, 0.1) is 0 Å². The fourth-order valence-corrected chi connectivity index (χ4v) is 3.57. The maximum atomic E-state index is 12.0. The van der Waals surface area contributed by atoms with E-state index in [-0.39, 0.29) is 11.3 Å². The normalized spacial score (nSPS) is 25.5. The van der Waals surface area contributed by atoms with Crippen molar-refractivity contribution in [3.63, 3.8) is 0 Å². The SMILES string of the molecule is CC(C)(CNC(=O)CC1CCCCN1)C1CCCC1. The first-order valence-corrected chi connectivity index (χ1v) is 8.08. The highest BCUT2D eigenvalue weighted by molar-refractivity contribution is 5.76. The van der Waals surface area contributed by atoms with Gasteiger partial charge in [-0.2, -0.15) is 0 Å². The van der Waals surface area contributed by atoms with Gasteiger partial charge < -0.3 is 10.6 Å². The number of rotatable bonds is 5. The predicted molar refractivity (Wildman–Crippen MR) is 79.0 cm³/mol. The molecule has 19 heavy (non-hydrogen) atoms. The molecule has 1 aliphatic heterocycles. The van der Waals surface area contributed by atoms with Crippen molar-refractivity contribution in [3.8, 4) is 0 Å². The molecular formula is C16H30N2O. The van der Waals surface area contributed by atoms with Crippen LogP contribution in [0.1, 0.15) is 65.2 Å². The Morgan fingerprint density at radius 3 is 2.47 bits per heavy atom. The van der Waals surface area contributed by atoms with E-state index < -0.39 is 0 Å². The maximum Gasteiger partial charge on any atom is 0.221 e. The molecule has 0 radical (unpaired) electrons. The van der Waals surface area contributed by atoms with Crippen molar-refractivity contribution >= 4 is 5.91 Å². The summed E-state index contributed by atoms with van der Waals surface area (Å²) in [6.45, 7) is 6.53. The van der Waals surface area contributed by atoms with Gasteiger partial charge >= 0.3 is 0 Å². The summed E-state index contributed by atoms with van der Waals surface area (Å²) in [7, 11) is 0. The van der Waals surface area contributed by atoms with E-state index in [1.54, 1.807) is 0 Å². The van der Waals surface area contributed by atoms with Gasteiger partial charge in [0, 0.05) is 19.0 Å². The second-order valence-corrected chi connectivity index (χ2v) is 7.10. The van der Waals surface area contributed by atoms with E-state index in [2.05, 4.69) is 24.5 Å². The van der Waals surface area contributed by atoms with Gasteiger partial charge in [-0.3, -0.25) is 4.79 Å². The molecule has 1 aliphatic carbocycles. The lowest BCUT2D eigenvalue weighted by Gasteiger charge is -2.32. The summed E-state index contributed by atoms with van der Waals surface area (Å²) in [5.74, 6) is 1.02. The third-order valence-electron chi connectivity index (χ3n) is 5.05. The Hall–Kier alpha value is -0.570. The minimum atomic E-state index is 0.227. The van der Waals surface area contributed by atoms with Gasteiger partial charge in [-0.15, -0.1) is 0 Å². The van der Waals surface area contributed by atoms with Crippen molar-refractivity contribution in [1.29, 1.82) is 0 Å². The number of carbonyl (C=O) groups excluding carboxylic acids is 1. The summed E-state index contributed by atoms with van der Waals surface area (Å²) in [6, 6.07) is 0.406. The Kier molecular flexibility index (Phi) is 5.26. The minimum Gasteiger partial charge on any atom is -0.356 e. The highest BCUT2D eigenvalue weighted by Crippen LogP contribution is 2.38. The molecule has 1 amide bonds. The van der Waals surface area contributed by atoms with Gasteiger partial charge in [-0.25, -0.2) is 0 Å². The smallest absolute Gasteiger partial charge is 0.221 e. The van der Waals surface area contributed by atoms with Crippen LogP contribution in [0.4, 0.5) is 0 Å². The van der Waals surface area contributed by atoms with Crippen LogP contribution in [0.15, 0.2) is 0 Å². The third kappa shape index (κ3) is 4.48. The summed E-state index contributed by atoms with van der Waals surface area (Å²) in [6.07, 6.45) is 9.74. The van der Waals surface area contributed by atoms with Crippen LogP contribution in [0.2, 0.25) is 0 Å². The quantitative estimate of drug-likeness (QED) is 0.803. The standard InChI is InChI=1S/C16H30N2O/c1-16(2,13-7-3-4-8-13)12-18-15(19)11-14-9-5-6-10-17-14/h13-14,17H,3-12H2,1-2H3,(H,18,19). The van der Waals surface area contributed by atoms with Gasteiger partial charge in [0.2, 0.25) is 5.91 Å². The number of hydrogen-bond donors (Lipinski definition) is 2. The fourth-order valence-electron chi connectivity index (χ4n) is 3.57. The van der Waals surface area contributed by atoms with Crippen LogP contribution in [0.25, 0.3) is 0 Å². The average molecular weight is 266 g/mol. The lowest BCUT2D eigenvalue weighted by atomic mass is 9.77. The molecule has 0 aromatic carbocycles. The molecule has 110 valence electrons. The monoisotopic (exact) mass is 266 g/mol. The molecule has 0 spiro atoms. The molecule has 3 heteroatoms. The minimum absolute atomic E-state index is 0.227. The van der Waals surface area contributed by atoms with Crippen LogP contribution < -0.4 is 10.6 Å². The van der Waals surface area contributed by atoms with Gasteiger partial charge in [-0.05, 0) is 43.6 Å². The van der Waals surface area contributed by atoms with Gasteiger partial charge in [0.1, 0.15) is 0 Å². The van der Waals surface area contributed by atoms with Crippen molar-refractivity contribution in [2.75, 3.05) is 13.1 Å². The van der Waals surface area contributed by atoms with Crippen molar-refractivity contribution in [2.45, 2.75) is 71.3 Å². The van der Waals surface area contributed by atoms with Crippen molar-refractivity contribution in [2.24, 2.45) is 11.3 Å². The topological polar surface area (TPSA) is 41.1 Å². The van der Waals surface area contributed by atoms with E-state index >= 15 is 0 Å². The number of piperidine rings is 1. The Balaban J connectivity index is 1.69. The molecule has 2 N–H and O–H groups in total. The first kappa shape index (κ1) is 14.8.